The lowest BCUT2D eigenvalue weighted by atomic mass is 10.3. The van der Waals surface area contributed by atoms with Crippen LogP contribution in [-0.2, 0) is 14.8 Å². The molecule has 170 valence electrons. The molecule has 1 amide bonds. The molecule has 0 saturated heterocycles. The molecule has 2 rings (SSSR count). The number of methoxy groups -OCH3 is 1. The molecule has 0 aliphatic rings. The van der Waals surface area contributed by atoms with E-state index in [1.54, 1.807) is 24.3 Å². The van der Waals surface area contributed by atoms with Gasteiger partial charge in [-0.15, -0.1) is 13.2 Å². The third-order valence-corrected chi connectivity index (χ3v) is 5.24. The minimum Gasteiger partial charge on any atom is -0.493 e. The van der Waals surface area contributed by atoms with Crippen LogP contribution in [0.5, 0.6) is 17.2 Å². The number of nitrogens with one attached hydrogen (secondary N) is 2. The zero-order valence-corrected chi connectivity index (χ0v) is 17.3. The molecule has 0 heterocycles. The van der Waals surface area contributed by atoms with Crippen molar-refractivity contribution >= 4 is 15.9 Å². The molecular weight excluding hydrogens is 441 g/mol. The lowest BCUT2D eigenvalue weighted by Gasteiger charge is -2.11. The molecule has 12 heteroatoms. The Balaban J connectivity index is 1.72. The van der Waals surface area contributed by atoms with Crippen molar-refractivity contribution in [2.75, 3.05) is 26.8 Å². The standard InChI is InChI=1S/C19H21F3N2O6S/c1-28-16-4-2-3-5-17(16)29-13-12-23-18(25)10-11-24-31(26,27)15-8-6-14(7-9-15)30-19(20,21)22/h2-9,24H,10-13H2,1H3,(H,23,25). The molecule has 0 spiro atoms. The molecule has 0 bridgehead atoms. The van der Waals surface area contributed by atoms with Crippen LogP contribution in [0.15, 0.2) is 53.4 Å². The van der Waals surface area contributed by atoms with E-state index in [-0.39, 0.29) is 31.0 Å². The monoisotopic (exact) mass is 462 g/mol. The number of carbonyl (C=O) groups excluding carboxylic acids is 1. The first kappa shape index (κ1) is 24.3. The Morgan fingerprint density at radius 1 is 1.00 bits per heavy atom. The lowest BCUT2D eigenvalue weighted by Crippen LogP contribution is -2.32. The summed E-state index contributed by atoms with van der Waals surface area (Å²) in [6, 6.07) is 10.7. The molecule has 0 aliphatic heterocycles. The highest BCUT2D eigenvalue weighted by Gasteiger charge is 2.31. The normalized spacial score (nSPS) is 11.6. The summed E-state index contributed by atoms with van der Waals surface area (Å²) < 4.78 is 77.3. The van der Waals surface area contributed by atoms with E-state index < -0.39 is 28.0 Å². The molecule has 0 aliphatic carbocycles. The summed E-state index contributed by atoms with van der Waals surface area (Å²) in [7, 11) is -2.48. The zero-order chi connectivity index (χ0) is 22.9. The van der Waals surface area contributed by atoms with Crippen LogP contribution >= 0.6 is 0 Å². The summed E-state index contributed by atoms with van der Waals surface area (Å²) >= 11 is 0. The maximum absolute atomic E-state index is 12.2. The van der Waals surface area contributed by atoms with Crippen molar-refractivity contribution < 1.29 is 40.6 Å². The number of halogens is 3. The number of alkyl halides is 3. The quantitative estimate of drug-likeness (QED) is 0.498. The van der Waals surface area contributed by atoms with Crippen molar-refractivity contribution in [2.45, 2.75) is 17.7 Å². The van der Waals surface area contributed by atoms with Crippen LogP contribution in [0.3, 0.4) is 0 Å². The minimum atomic E-state index is -4.87. The molecule has 0 radical (unpaired) electrons. The molecule has 0 unspecified atom stereocenters. The predicted octanol–water partition coefficient (Wildman–Crippen LogP) is 2.46. The average molecular weight is 462 g/mol. The highest BCUT2D eigenvalue weighted by molar-refractivity contribution is 7.89. The molecule has 0 aromatic heterocycles. The van der Waals surface area contributed by atoms with Crippen LogP contribution < -0.4 is 24.2 Å². The van der Waals surface area contributed by atoms with Crippen molar-refractivity contribution in [1.82, 2.24) is 10.0 Å². The van der Waals surface area contributed by atoms with Gasteiger partial charge in [0.2, 0.25) is 15.9 Å². The first-order chi connectivity index (χ1) is 14.6. The second-order valence-electron chi connectivity index (χ2n) is 6.02. The summed E-state index contributed by atoms with van der Waals surface area (Å²) in [5.41, 5.74) is 0. The third kappa shape index (κ3) is 8.34. The van der Waals surface area contributed by atoms with Crippen LogP contribution in [0.1, 0.15) is 6.42 Å². The van der Waals surface area contributed by atoms with Crippen LogP contribution in [-0.4, -0.2) is 47.5 Å². The summed E-state index contributed by atoms with van der Waals surface area (Å²) in [4.78, 5) is 11.6. The Morgan fingerprint density at radius 3 is 2.26 bits per heavy atom. The van der Waals surface area contributed by atoms with Crippen molar-refractivity contribution in [3.63, 3.8) is 0 Å². The third-order valence-electron chi connectivity index (χ3n) is 3.76. The van der Waals surface area contributed by atoms with Crippen LogP contribution in [0.25, 0.3) is 0 Å². The highest BCUT2D eigenvalue weighted by atomic mass is 32.2. The highest BCUT2D eigenvalue weighted by Crippen LogP contribution is 2.25. The van der Waals surface area contributed by atoms with Gasteiger partial charge in [0.1, 0.15) is 12.4 Å². The largest absolute Gasteiger partial charge is 0.573 e. The van der Waals surface area contributed by atoms with E-state index in [1.165, 1.54) is 7.11 Å². The molecule has 2 aromatic carbocycles. The number of para-hydroxylation sites is 2. The maximum Gasteiger partial charge on any atom is 0.573 e. The van der Waals surface area contributed by atoms with Gasteiger partial charge in [0.05, 0.1) is 18.6 Å². The molecule has 31 heavy (non-hydrogen) atoms. The minimum absolute atomic E-state index is 0.136. The molecule has 8 nitrogen and oxygen atoms in total. The number of hydrogen-bond acceptors (Lipinski definition) is 6. The van der Waals surface area contributed by atoms with Gasteiger partial charge >= 0.3 is 6.36 Å². The fraction of sp³-hybridized carbons (Fsp3) is 0.316. The van der Waals surface area contributed by atoms with Gasteiger partial charge in [0.25, 0.3) is 0 Å². The number of rotatable bonds is 11. The van der Waals surface area contributed by atoms with Gasteiger partial charge in [-0.05, 0) is 36.4 Å². The van der Waals surface area contributed by atoms with E-state index in [9.17, 15) is 26.4 Å². The Hall–Kier alpha value is -2.99. The van der Waals surface area contributed by atoms with Crippen LogP contribution in [0.4, 0.5) is 13.2 Å². The van der Waals surface area contributed by atoms with Crippen molar-refractivity contribution in [3.8, 4) is 17.2 Å². The second kappa shape index (κ2) is 10.9. The van der Waals surface area contributed by atoms with Gasteiger partial charge < -0.3 is 19.5 Å². The smallest absolute Gasteiger partial charge is 0.493 e. The number of ether oxygens (including phenoxy) is 3. The van der Waals surface area contributed by atoms with E-state index >= 15 is 0 Å². The summed E-state index contributed by atoms with van der Waals surface area (Å²) in [6.45, 7) is 0.191. The predicted molar refractivity (Wildman–Crippen MR) is 104 cm³/mol. The van der Waals surface area contributed by atoms with Crippen molar-refractivity contribution in [2.24, 2.45) is 0 Å². The molecule has 0 saturated carbocycles. The fourth-order valence-electron chi connectivity index (χ4n) is 2.38. The van der Waals surface area contributed by atoms with Gasteiger partial charge in [-0.25, -0.2) is 13.1 Å². The Kier molecular flexibility index (Phi) is 8.51. The number of sulfonamides is 1. The molecule has 0 atom stereocenters. The molecular formula is C19H21F3N2O6S. The van der Waals surface area contributed by atoms with Crippen molar-refractivity contribution in [3.05, 3.63) is 48.5 Å². The van der Waals surface area contributed by atoms with E-state index in [4.69, 9.17) is 9.47 Å². The molecule has 0 fully saturated rings. The first-order valence-corrected chi connectivity index (χ1v) is 10.5. The maximum atomic E-state index is 12.2. The van der Waals surface area contributed by atoms with E-state index in [2.05, 4.69) is 14.8 Å². The summed E-state index contributed by atoms with van der Waals surface area (Å²) in [6.07, 6.45) is -5.01. The topological polar surface area (TPSA) is 103 Å². The summed E-state index contributed by atoms with van der Waals surface area (Å²) in [5.74, 6) is 0.140. The van der Waals surface area contributed by atoms with Gasteiger partial charge in [-0.3, -0.25) is 4.79 Å². The summed E-state index contributed by atoms with van der Waals surface area (Å²) in [5, 5.41) is 2.58. The number of benzene rings is 2. The lowest BCUT2D eigenvalue weighted by molar-refractivity contribution is -0.274. The zero-order valence-electron chi connectivity index (χ0n) is 16.4. The Bertz CT molecular complexity index is 965. The Labute approximate surface area is 177 Å². The van der Waals surface area contributed by atoms with E-state index in [1.807, 2.05) is 0 Å². The average Bonchev–Trinajstić information content (AvgIpc) is 2.70. The Morgan fingerprint density at radius 2 is 1.65 bits per heavy atom. The second-order valence-corrected chi connectivity index (χ2v) is 7.78. The van der Waals surface area contributed by atoms with Crippen LogP contribution in [0.2, 0.25) is 0 Å². The van der Waals surface area contributed by atoms with Gasteiger partial charge in [0.15, 0.2) is 11.5 Å². The molecule has 2 aromatic rings. The number of hydrogen-bond donors (Lipinski definition) is 2. The first-order valence-electron chi connectivity index (χ1n) is 8.99. The van der Waals surface area contributed by atoms with Gasteiger partial charge in [0, 0.05) is 13.0 Å². The SMILES string of the molecule is COc1ccccc1OCCNC(=O)CCNS(=O)(=O)c1ccc(OC(F)(F)F)cc1. The number of amides is 1. The fourth-order valence-corrected chi connectivity index (χ4v) is 3.41. The van der Waals surface area contributed by atoms with Crippen LogP contribution in [0, 0.1) is 0 Å². The number of carbonyl (C=O) groups is 1. The van der Waals surface area contributed by atoms with Gasteiger partial charge in [-0.2, -0.15) is 0 Å². The van der Waals surface area contributed by atoms with Gasteiger partial charge in [-0.1, -0.05) is 12.1 Å². The van der Waals surface area contributed by atoms with Crippen molar-refractivity contribution in [1.29, 1.82) is 0 Å². The van der Waals surface area contributed by atoms with E-state index in [0.29, 0.717) is 11.5 Å². The van der Waals surface area contributed by atoms with E-state index in [0.717, 1.165) is 24.3 Å². The molecule has 2 N–H and O–H groups in total.